The third-order valence-electron chi connectivity index (χ3n) is 3.01. The molecule has 112 valence electrons. The zero-order valence-electron chi connectivity index (χ0n) is 12.0. The van der Waals surface area contributed by atoms with E-state index in [0.717, 1.165) is 11.1 Å². The van der Waals surface area contributed by atoms with Crippen LogP contribution in [0.1, 0.15) is 24.5 Å². The molecule has 0 bridgehead atoms. The summed E-state index contributed by atoms with van der Waals surface area (Å²) in [7, 11) is -3.64. The molecule has 1 aromatic rings. The van der Waals surface area contributed by atoms with Crippen LogP contribution in [0, 0.1) is 13.8 Å². The summed E-state index contributed by atoms with van der Waals surface area (Å²) in [6, 6.07) is 3.00. The first-order valence-electron chi connectivity index (χ1n) is 6.41. The Morgan fingerprint density at radius 3 is 2.50 bits per heavy atom. The number of sulfonamides is 1. The standard InChI is InChI=1S/C13H21N3O3S/c1-4-15-13(17)5-6-16-20(18,19)11-7-9(2)10(3)12(14)8-11/h7-8,16H,4-6,14H2,1-3H3,(H,15,17). The van der Waals surface area contributed by atoms with Gasteiger partial charge in [0, 0.05) is 25.2 Å². The van der Waals surface area contributed by atoms with Crippen molar-refractivity contribution in [2.45, 2.75) is 32.1 Å². The highest BCUT2D eigenvalue weighted by Crippen LogP contribution is 2.21. The van der Waals surface area contributed by atoms with Gasteiger partial charge in [-0.25, -0.2) is 13.1 Å². The first-order valence-corrected chi connectivity index (χ1v) is 7.89. The van der Waals surface area contributed by atoms with E-state index in [4.69, 9.17) is 5.73 Å². The molecule has 0 fully saturated rings. The molecule has 0 unspecified atom stereocenters. The lowest BCUT2D eigenvalue weighted by Gasteiger charge is -2.10. The number of aryl methyl sites for hydroxylation is 1. The van der Waals surface area contributed by atoms with E-state index in [1.165, 1.54) is 6.07 Å². The van der Waals surface area contributed by atoms with Crippen molar-refractivity contribution in [3.63, 3.8) is 0 Å². The molecular formula is C13H21N3O3S. The molecular weight excluding hydrogens is 278 g/mol. The average molecular weight is 299 g/mol. The van der Waals surface area contributed by atoms with Crippen LogP contribution >= 0.6 is 0 Å². The van der Waals surface area contributed by atoms with Crippen molar-refractivity contribution >= 4 is 21.6 Å². The number of carbonyl (C=O) groups excluding carboxylic acids is 1. The number of hydrogen-bond acceptors (Lipinski definition) is 4. The van der Waals surface area contributed by atoms with Gasteiger partial charge in [0.1, 0.15) is 0 Å². The summed E-state index contributed by atoms with van der Waals surface area (Å²) in [5.74, 6) is -0.185. The highest BCUT2D eigenvalue weighted by Gasteiger charge is 2.16. The Hall–Kier alpha value is -1.60. The van der Waals surface area contributed by atoms with Gasteiger partial charge >= 0.3 is 0 Å². The van der Waals surface area contributed by atoms with Gasteiger partial charge in [-0.15, -0.1) is 0 Å². The monoisotopic (exact) mass is 299 g/mol. The minimum absolute atomic E-state index is 0.0565. The maximum absolute atomic E-state index is 12.1. The lowest BCUT2D eigenvalue weighted by Crippen LogP contribution is -2.30. The zero-order valence-corrected chi connectivity index (χ0v) is 12.8. The molecule has 0 aliphatic heterocycles. The SMILES string of the molecule is CCNC(=O)CCNS(=O)(=O)c1cc(C)c(C)c(N)c1. The van der Waals surface area contributed by atoms with Crippen LogP contribution in [0.4, 0.5) is 5.69 Å². The average Bonchev–Trinajstić information content (AvgIpc) is 2.35. The lowest BCUT2D eigenvalue weighted by molar-refractivity contribution is -0.120. The third-order valence-corrected chi connectivity index (χ3v) is 4.45. The summed E-state index contributed by atoms with van der Waals surface area (Å²) in [6.45, 7) is 6.03. The Balaban J connectivity index is 2.77. The van der Waals surface area contributed by atoms with Crippen molar-refractivity contribution in [3.8, 4) is 0 Å². The number of carbonyl (C=O) groups is 1. The van der Waals surface area contributed by atoms with Crippen LogP contribution in [-0.2, 0) is 14.8 Å². The van der Waals surface area contributed by atoms with E-state index >= 15 is 0 Å². The van der Waals surface area contributed by atoms with E-state index in [2.05, 4.69) is 10.0 Å². The van der Waals surface area contributed by atoms with Crippen molar-refractivity contribution in [2.75, 3.05) is 18.8 Å². The number of nitrogen functional groups attached to an aromatic ring is 1. The summed E-state index contributed by atoms with van der Waals surface area (Å²) in [5, 5.41) is 2.60. The second-order valence-electron chi connectivity index (χ2n) is 4.56. The van der Waals surface area contributed by atoms with E-state index in [9.17, 15) is 13.2 Å². The number of amides is 1. The van der Waals surface area contributed by atoms with Crippen molar-refractivity contribution in [2.24, 2.45) is 0 Å². The third kappa shape index (κ3) is 4.21. The maximum atomic E-state index is 12.1. The van der Waals surface area contributed by atoms with Crippen molar-refractivity contribution < 1.29 is 13.2 Å². The molecule has 0 heterocycles. The molecule has 0 radical (unpaired) electrons. The fourth-order valence-corrected chi connectivity index (χ4v) is 2.83. The molecule has 4 N–H and O–H groups in total. The maximum Gasteiger partial charge on any atom is 0.240 e. The number of hydrogen-bond donors (Lipinski definition) is 3. The minimum Gasteiger partial charge on any atom is -0.398 e. The van der Waals surface area contributed by atoms with Gasteiger partial charge in [0.25, 0.3) is 0 Å². The molecule has 1 rings (SSSR count). The summed E-state index contributed by atoms with van der Waals surface area (Å²) >= 11 is 0. The number of nitrogens with two attached hydrogens (primary N) is 1. The Morgan fingerprint density at radius 1 is 1.30 bits per heavy atom. The fraction of sp³-hybridized carbons (Fsp3) is 0.462. The van der Waals surface area contributed by atoms with E-state index < -0.39 is 10.0 Å². The molecule has 1 amide bonds. The van der Waals surface area contributed by atoms with Crippen LogP contribution in [0.15, 0.2) is 17.0 Å². The van der Waals surface area contributed by atoms with Crippen LogP contribution in [0.25, 0.3) is 0 Å². The Labute approximate surface area is 119 Å². The zero-order chi connectivity index (χ0) is 15.3. The molecule has 1 aromatic carbocycles. The van der Waals surface area contributed by atoms with Crippen LogP contribution in [0.2, 0.25) is 0 Å². The number of anilines is 1. The molecule has 20 heavy (non-hydrogen) atoms. The van der Waals surface area contributed by atoms with E-state index in [-0.39, 0.29) is 23.8 Å². The van der Waals surface area contributed by atoms with Gasteiger partial charge in [0.15, 0.2) is 0 Å². The summed E-state index contributed by atoms with van der Waals surface area (Å²) < 4.78 is 26.6. The van der Waals surface area contributed by atoms with Gasteiger partial charge in [-0.2, -0.15) is 0 Å². The van der Waals surface area contributed by atoms with E-state index in [1.54, 1.807) is 19.9 Å². The van der Waals surface area contributed by atoms with Gasteiger partial charge < -0.3 is 11.1 Å². The predicted molar refractivity (Wildman–Crippen MR) is 78.8 cm³/mol. The quantitative estimate of drug-likeness (QED) is 0.673. The smallest absolute Gasteiger partial charge is 0.240 e. The van der Waals surface area contributed by atoms with Crippen LogP contribution < -0.4 is 15.8 Å². The first kappa shape index (κ1) is 16.5. The molecule has 0 aliphatic carbocycles. The molecule has 0 aromatic heterocycles. The van der Waals surface area contributed by atoms with Gasteiger partial charge in [-0.1, -0.05) is 0 Å². The van der Waals surface area contributed by atoms with Gasteiger partial charge in [-0.3, -0.25) is 4.79 Å². The molecule has 6 nitrogen and oxygen atoms in total. The number of nitrogens with one attached hydrogen (secondary N) is 2. The van der Waals surface area contributed by atoms with Crippen LogP contribution in [0.3, 0.4) is 0 Å². The predicted octanol–water partition coefficient (Wildman–Crippen LogP) is 0.690. The molecule has 0 atom stereocenters. The second kappa shape index (κ2) is 6.71. The normalized spacial score (nSPS) is 11.3. The molecule has 0 spiro atoms. The summed E-state index contributed by atoms with van der Waals surface area (Å²) in [5.41, 5.74) is 7.90. The Kier molecular flexibility index (Phi) is 5.52. The van der Waals surface area contributed by atoms with Crippen molar-refractivity contribution in [1.82, 2.24) is 10.0 Å². The van der Waals surface area contributed by atoms with Crippen LogP contribution in [0.5, 0.6) is 0 Å². The first-order chi connectivity index (χ1) is 9.27. The van der Waals surface area contributed by atoms with E-state index in [0.29, 0.717) is 12.2 Å². The minimum atomic E-state index is -3.64. The van der Waals surface area contributed by atoms with Gasteiger partial charge in [0.05, 0.1) is 4.90 Å². The summed E-state index contributed by atoms with van der Waals surface area (Å²) in [4.78, 5) is 11.4. The molecule has 7 heteroatoms. The number of rotatable bonds is 6. The molecule has 0 aliphatic rings. The Morgan fingerprint density at radius 2 is 1.95 bits per heavy atom. The Bertz CT molecular complexity index is 574. The number of benzene rings is 1. The van der Waals surface area contributed by atoms with Crippen molar-refractivity contribution in [3.05, 3.63) is 23.3 Å². The topological polar surface area (TPSA) is 101 Å². The highest BCUT2D eigenvalue weighted by atomic mass is 32.2. The largest absolute Gasteiger partial charge is 0.398 e. The lowest BCUT2D eigenvalue weighted by atomic mass is 10.1. The van der Waals surface area contributed by atoms with Gasteiger partial charge in [0.2, 0.25) is 15.9 Å². The van der Waals surface area contributed by atoms with E-state index in [1.807, 2.05) is 6.92 Å². The second-order valence-corrected chi connectivity index (χ2v) is 6.32. The highest BCUT2D eigenvalue weighted by molar-refractivity contribution is 7.89. The van der Waals surface area contributed by atoms with Crippen molar-refractivity contribution in [1.29, 1.82) is 0 Å². The summed E-state index contributed by atoms with van der Waals surface area (Å²) in [6.07, 6.45) is 0.105. The molecule has 0 saturated heterocycles. The fourth-order valence-electron chi connectivity index (χ4n) is 1.68. The molecule has 0 saturated carbocycles. The van der Waals surface area contributed by atoms with Crippen LogP contribution in [-0.4, -0.2) is 27.4 Å². The van der Waals surface area contributed by atoms with Gasteiger partial charge in [-0.05, 0) is 44.0 Å².